The van der Waals surface area contributed by atoms with Gasteiger partial charge in [0.1, 0.15) is 9.97 Å². The molecule has 2 aromatic heterocycles. The molecule has 0 spiro atoms. The Balaban J connectivity index is 0.00000392. The first-order valence-electron chi connectivity index (χ1n) is 9.03. The molecule has 0 unspecified atom stereocenters. The van der Waals surface area contributed by atoms with Crippen molar-refractivity contribution >= 4 is 51.3 Å². The number of halogens is 1. The highest BCUT2D eigenvalue weighted by molar-refractivity contribution is 14.0. The molecule has 0 aliphatic rings. The van der Waals surface area contributed by atoms with Gasteiger partial charge in [-0.3, -0.25) is 0 Å². The van der Waals surface area contributed by atoms with Crippen molar-refractivity contribution in [3.63, 3.8) is 0 Å². The summed E-state index contributed by atoms with van der Waals surface area (Å²) < 4.78 is 32.4. The number of aryl methyl sites for hydroxylation is 2. The van der Waals surface area contributed by atoms with Crippen molar-refractivity contribution in [2.75, 3.05) is 19.6 Å². The summed E-state index contributed by atoms with van der Waals surface area (Å²) in [4.78, 5) is 4.58. The molecule has 0 aliphatic carbocycles. The molecule has 0 saturated carbocycles. The molecular weight excluding hydrogens is 513 g/mol. The van der Waals surface area contributed by atoms with E-state index < -0.39 is 10.0 Å². The highest BCUT2D eigenvalue weighted by Crippen LogP contribution is 2.17. The molecule has 11 heteroatoms. The Morgan fingerprint density at radius 2 is 2.00 bits per heavy atom. The zero-order valence-corrected chi connectivity index (χ0v) is 20.3. The van der Waals surface area contributed by atoms with Gasteiger partial charge in [0.2, 0.25) is 10.0 Å². The summed E-state index contributed by atoms with van der Waals surface area (Å²) in [5.41, 5.74) is 1.95. The lowest BCUT2D eigenvalue weighted by atomic mass is 10.1. The third kappa shape index (κ3) is 7.01. The fourth-order valence-electron chi connectivity index (χ4n) is 2.47. The predicted molar refractivity (Wildman–Crippen MR) is 123 cm³/mol. The van der Waals surface area contributed by atoms with Gasteiger partial charge in [-0.25, -0.2) is 18.1 Å². The van der Waals surface area contributed by atoms with E-state index in [2.05, 4.69) is 25.5 Å². The third-order valence-corrected chi connectivity index (χ3v) is 6.67. The van der Waals surface area contributed by atoms with Gasteiger partial charge >= 0.3 is 0 Å². The standard InChI is InChI=1S/C17H27N5O3S2.HI/c1-4-14-13(15(5-2)25-22-14)12-20-17(18-6-3)19-9-10-21-27(23,24)16-8-7-11-26-16;/h7-8,11,21H,4-6,9-10,12H2,1-3H3,(H2,18,19,20);1H. The van der Waals surface area contributed by atoms with Crippen molar-refractivity contribution in [3.05, 3.63) is 34.5 Å². The quantitative estimate of drug-likeness (QED) is 0.185. The molecule has 2 heterocycles. The molecule has 158 valence electrons. The lowest BCUT2D eigenvalue weighted by molar-refractivity contribution is 0.380. The average Bonchev–Trinajstić information content (AvgIpc) is 3.32. The van der Waals surface area contributed by atoms with Crippen molar-refractivity contribution in [2.45, 2.75) is 44.4 Å². The minimum atomic E-state index is -3.45. The van der Waals surface area contributed by atoms with E-state index in [0.29, 0.717) is 29.8 Å². The second kappa shape index (κ2) is 12.4. The predicted octanol–water partition coefficient (Wildman–Crippen LogP) is 2.51. The van der Waals surface area contributed by atoms with E-state index in [1.165, 1.54) is 11.3 Å². The maximum Gasteiger partial charge on any atom is 0.250 e. The average molecular weight is 541 g/mol. The number of aliphatic imine (C=N–C) groups is 1. The molecule has 3 N–H and O–H groups in total. The number of sulfonamides is 1. The highest BCUT2D eigenvalue weighted by atomic mass is 127. The molecule has 0 amide bonds. The van der Waals surface area contributed by atoms with Crippen LogP contribution in [-0.4, -0.2) is 39.2 Å². The van der Waals surface area contributed by atoms with Crippen molar-refractivity contribution in [3.8, 4) is 0 Å². The maximum atomic E-state index is 12.1. The maximum absolute atomic E-state index is 12.1. The molecule has 0 saturated heterocycles. The molecule has 0 fully saturated rings. The summed E-state index contributed by atoms with van der Waals surface area (Å²) in [7, 11) is -3.45. The van der Waals surface area contributed by atoms with E-state index in [9.17, 15) is 8.42 Å². The Labute approximate surface area is 187 Å². The monoisotopic (exact) mass is 541 g/mol. The van der Waals surface area contributed by atoms with Crippen LogP contribution in [0.1, 0.15) is 37.8 Å². The second-order valence-corrected chi connectivity index (χ2v) is 8.63. The van der Waals surface area contributed by atoms with Crippen LogP contribution in [0.2, 0.25) is 0 Å². The first-order valence-corrected chi connectivity index (χ1v) is 11.4. The summed E-state index contributed by atoms with van der Waals surface area (Å²) in [5, 5.41) is 12.1. The number of rotatable bonds is 10. The van der Waals surface area contributed by atoms with Gasteiger partial charge in [0, 0.05) is 31.6 Å². The molecule has 28 heavy (non-hydrogen) atoms. The van der Waals surface area contributed by atoms with Crippen molar-refractivity contribution in [1.29, 1.82) is 0 Å². The Morgan fingerprint density at radius 1 is 1.21 bits per heavy atom. The van der Waals surface area contributed by atoms with Crippen LogP contribution in [0.25, 0.3) is 0 Å². The van der Waals surface area contributed by atoms with Gasteiger partial charge in [-0.05, 0) is 24.8 Å². The first kappa shape index (κ1) is 24.9. The molecule has 0 aliphatic heterocycles. The van der Waals surface area contributed by atoms with Gasteiger partial charge in [0.25, 0.3) is 0 Å². The molecule has 2 rings (SSSR count). The second-order valence-electron chi connectivity index (χ2n) is 5.69. The number of guanidine groups is 1. The van der Waals surface area contributed by atoms with Gasteiger partial charge in [-0.1, -0.05) is 25.1 Å². The third-order valence-electron chi connectivity index (χ3n) is 3.82. The van der Waals surface area contributed by atoms with Crippen molar-refractivity contribution in [1.82, 2.24) is 20.5 Å². The molecule has 0 atom stereocenters. The van der Waals surface area contributed by atoms with Crippen LogP contribution in [-0.2, 0) is 29.4 Å². The van der Waals surface area contributed by atoms with E-state index in [1.807, 2.05) is 20.8 Å². The first-order chi connectivity index (χ1) is 13.0. The minimum Gasteiger partial charge on any atom is -0.361 e. The number of hydrogen-bond acceptors (Lipinski definition) is 6. The van der Waals surface area contributed by atoms with Gasteiger partial charge in [-0.2, -0.15) is 0 Å². The number of nitrogens with zero attached hydrogens (tertiary/aromatic N) is 2. The van der Waals surface area contributed by atoms with Crippen LogP contribution >= 0.6 is 35.3 Å². The molecule has 8 nitrogen and oxygen atoms in total. The van der Waals surface area contributed by atoms with E-state index in [4.69, 9.17) is 4.52 Å². The van der Waals surface area contributed by atoms with Crippen LogP contribution in [0, 0.1) is 0 Å². The topological polar surface area (TPSA) is 109 Å². The van der Waals surface area contributed by atoms with Gasteiger partial charge in [-0.15, -0.1) is 35.3 Å². The lowest BCUT2D eigenvalue weighted by Crippen LogP contribution is -2.41. The number of hydrogen-bond donors (Lipinski definition) is 3. The number of aromatic nitrogens is 1. The van der Waals surface area contributed by atoms with E-state index in [-0.39, 0.29) is 30.5 Å². The number of nitrogens with one attached hydrogen (secondary N) is 3. The Morgan fingerprint density at radius 3 is 2.61 bits per heavy atom. The van der Waals surface area contributed by atoms with Crippen LogP contribution in [0.4, 0.5) is 0 Å². The summed E-state index contributed by atoms with van der Waals surface area (Å²) in [6.07, 6.45) is 1.56. The van der Waals surface area contributed by atoms with Crippen molar-refractivity contribution < 1.29 is 12.9 Å². The molecular formula is C17H28IN5O3S2. The Bertz CT molecular complexity index is 814. The lowest BCUT2D eigenvalue weighted by Gasteiger charge is -2.12. The van der Waals surface area contributed by atoms with Crippen LogP contribution in [0.3, 0.4) is 0 Å². The summed E-state index contributed by atoms with van der Waals surface area (Å²) >= 11 is 1.19. The Hall–Kier alpha value is -1.18. The van der Waals surface area contributed by atoms with Crippen LogP contribution < -0.4 is 15.4 Å². The molecule has 0 bridgehead atoms. The van der Waals surface area contributed by atoms with Gasteiger partial charge in [0.15, 0.2) is 5.96 Å². The van der Waals surface area contributed by atoms with E-state index in [0.717, 1.165) is 29.9 Å². The van der Waals surface area contributed by atoms with Gasteiger partial charge < -0.3 is 15.2 Å². The minimum absolute atomic E-state index is 0. The van der Waals surface area contributed by atoms with Crippen molar-refractivity contribution in [2.24, 2.45) is 4.99 Å². The molecule has 0 aromatic carbocycles. The molecule has 2 aromatic rings. The molecule has 0 radical (unpaired) electrons. The normalized spacial score (nSPS) is 11.9. The zero-order chi connectivity index (χ0) is 19.7. The Kier molecular flexibility index (Phi) is 11.0. The van der Waals surface area contributed by atoms with E-state index in [1.54, 1.807) is 17.5 Å². The summed E-state index contributed by atoms with van der Waals surface area (Å²) in [6, 6.07) is 3.30. The fraction of sp³-hybridized carbons (Fsp3) is 0.529. The van der Waals surface area contributed by atoms with Crippen LogP contribution in [0.5, 0.6) is 0 Å². The summed E-state index contributed by atoms with van der Waals surface area (Å²) in [5.74, 6) is 1.48. The van der Waals surface area contributed by atoms with Gasteiger partial charge in [0.05, 0.1) is 12.2 Å². The zero-order valence-electron chi connectivity index (χ0n) is 16.3. The highest BCUT2D eigenvalue weighted by Gasteiger charge is 2.15. The largest absolute Gasteiger partial charge is 0.361 e. The van der Waals surface area contributed by atoms with E-state index >= 15 is 0 Å². The number of thiophene rings is 1. The SMILES string of the molecule is CCNC(=NCc1c(CC)noc1CC)NCCNS(=O)(=O)c1cccs1.I. The van der Waals surface area contributed by atoms with Crippen LogP contribution in [0.15, 0.2) is 31.2 Å². The summed E-state index contributed by atoms with van der Waals surface area (Å²) in [6.45, 7) is 7.89. The fourth-order valence-corrected chi connectivity index (χ4v) is 4.54. The smallest absolute Gasteiger partial charge is 0.250 e.